The highest BCUT2D eigenvalue weighted by Gasteiger charge is 2.04. The molecule has 13 heavy (non-hydrogen) atoms. The quantitative estimate of drug-likeness (QED) is 0.752. The van der Waals surface area contributed by atoms with Crippen LogP contribution in [0.25, 0.3) is 0 Å². The van der Waals surface area contributed by atoms with Crippen molar-refractivity contribution < 1.29 is 5.11 Å². The molecule has 1 N–H and O–H groups in total. The molecule has 0 fully saturated rings. The Bertz CT molecular complexity index is 265. The summed E-state index contributed by atoms with van der Waals surface area (Å²) in [5, 5.41) is 10.2. The molecular formula is C10H15NOS. The van der Waals surface area contributed by atoms with E-state index in [-0.39, 0.29) is 6.61 Å². The van der Waals surface area contributed by atoms with E-state index in [1.165, 1.54) is 0 Å². The van der Waals surface area contributed by atoms with Crippen LogP contribution in [-0.2, 0) is 0 Å². The summed E-state index contributed by atoms with van der Waals surface area (Å²) in [6, 6.07) is 6.00. The summed E-state index contributed by atoms with van der Waals surface area (Å²) in [6.07, 6.45) is 0.820. The second-order valence-electron chi connectivity index (χ2n) is 3.06. The van der Waals surface area contributed by atoms with Crippen LogP contribution in [0.4, 0.5) is 0 Å². The average Bonchev–Trinajstić information content (AvgIpc) is 2.04. The van der Waals surface area contributed by atoms with Gasteiger partial charge in [0.05, 0.1) is 5.03 Å². The molecule has 1 rings (SSSR count). The van der Waals surface area contributed by atoms with Crippen molar-refractivity contribution in [2.24, 2.45) is 0 Å². The molecule has 0 saturated carbocycles. The summed E-state index contributed by atoms with van der Waals surface area (Å²) in [4.78, 5) is 4.38. The smallest absolute Gasteiger partial charge is 0.0965 e. The van der Waals surface area contributed by atoms with Crippen LogP contribution in [0, 0.1) is 6.92 Å². The van der Waals surface area contributed by atoms with Crippen molar-refractivity contribution in [2.75, 3.05) is 6.61 Å². The van der Waals surface area contributed by atoms with Crippen molar-refractivity contribution in [1.82, 2.24) is 4.98 Å². The van der Waals surface area contributed by atoms with E-state index in [0.717, 1.165) is 17.1 Å². The predicted octanol–water partition coefficient (Wildman–Crippen LogP) is 2.25. The van der Waals surface area contributed by atoms with Crippen molar-refractivity contribution in [3.63, 3.8) is 0 Å². The number of aromatic nitrogens is 1. The molecule has 0 bridgehead atoms. The lowest BCUT2D eigenvalue weighted by Gasteiger charge is -2.08. The molecule has 0 spiro atoms. The SMILES string of the molecule is Cc1cccc(SC(C)CCO)n1. The zero-order valence-electron chi connectivity index (χ0n) is 8.03. The maximum atomic E-state index is 8.74. The van der Waals surface area contributed by atoms with Crippen LogP contribution in [-0.4, -0.2) is 21.9 Å². The van der Waals surface area contributed by atoms with E-state index in [9.17, 15) is 0 Å². The molecule has 0 aliphatic rings. The van der Waals surface area contributed by atoms with Crippen molar-refractivity contribution in [3.05, 3.63) is 23.9 Å². The van der Waals surface area contributed by atoms with E-state index in [1.54, 1.807) is 11.8 Å². The first-order chi connectivity index (χ1) is 6.22. The van der Waals surface area contributed by atoms with Crippen molar-refractivity contribution in [3.8, 4) is 0 Å². The number of hydrogen-bond donors (Lipinski definition) is 1. The number of aryl methyl sites for hydroxylation is 1. The van der Waals surface area contributed by atoms with Gasteiger partial charge in [-0.15, -0.1) is 11.8 Å². The van der Waals surface area contributed by atoms with Crippen LogP contribution in [0.3, 0.4) is 0 Å². The topological polar surface area (TPSA) is 33.1 Å². The highest BCUT2D eigenvalue weighted by atomic mass is 32.2. The Morgan fingerprint density at radius 3 is 2.92 bits per heavy atom. The first kappa shape index (κ1) is 10.5. The van der Waals surface area contributed by atoms with Crippen molar-refractivity contribution >= 4 is 11.8 Å². The number of aliphatic hydroxyl groups excluding tert-OH is 1. The van der Waals surface area contributed by atoms with Gasteiger partial charge in [-0.2, -0.15) is 0 Å². The molecule has 0 aliphatic carbocycles. The molecular weight excluding hydrogens is 182 g/mol. The molecule has 1 aromatic rings. The molecule has 0 saturated heterocycles. The van der Waals surface area contributed by atoms with Crippen LogP contribution < -0.4 is 0 Å². The van der Waals surface area contributed by atoms with Crippen LogP contribution in [0.2, 0.25) is 0 Å². The third-order valence-corrected chi connectivity index (χ3v) is 2.83. The number of hydrogen-bond acceptors (Lipinski definition) is 3. The largest absolute Gasteiger partial charge is 0.396 e. The van der Waals surface area contributed by atoms with Gasteiger partial charge in [-0.3, -0.25) is 0 Å². The minimum absolute atomic E-state index is 0.250. The van der Waals surface area contributed by atoms with E-state index in [0.29, 0.717) is 5.25 Å². The van der Waals surface area contributed by atoms with Gasteiger partial charge in [0, 0.05) is 17.6 Å². The predicted molar refractivity (Wildman–Crippen MR) is 56.0 cm³/mol. The molecule has 0 amide bonds. The van der Waals surface area contributed by atoms with Gasteiger partial charge in [0.2, 0.25) is 0 Å². The fourth-order valence-corrected chi connectivity index (χ4v) is 2.02. The zero-order chi connectivity index (χ0) is 9.68. The molecule has 0 aliphatic heterocycles. The van der Waals surface area contributed by atoms with Gasteiger partial charge in [-0.25, -0.2) is 4.98 Å². The summed E-state index contributed by atoms with van der Waals surface area (Å²) in [5.74, 6) is 0. The molecule has 0 aromatic carbocycles. The summed E-state index contributed by atoms with van der Waals surface area (Å²) in [5.41, 5.74) is 1.04. The van der Waals surface area contributed by atoms with Gasteiger partial charge in [-0.05, 0) is 25.5 Å². The Kier molecular flexibility index (Phi) is 4.25. The van der Waals surface area contributed by atoms with Crippen LogP contribution >= 0.6 is 11.8 Å². The lowest BCUT2D eigenvalue weighted by Crippen LogP contribution is -1.99. The Balaban J connectivity index is 2.53. The average molecular weight is 197 g/mol. The van der Waals surface area contributed by atoms with Gasteiger partial charge >= 0.3 is 0 Å². The maximum absolute atomic E-state index is 8.74. The maximum Gasteiger partial charge on any atom is 0.0965 e. The van der Waals surface area contributed by atoms with Gasteiger partial charge < -0.3 is 5.11 Å². The number of nitrogens with zero attached hydrogens (tertiary/aromatic N) is 1. The van der Waals surface area contributed by atoms with Crippen LogP contribution in [0.15, 0.2) is 23.2 Å². The van der Waals surface area contributed by atoms with Crippen LogP contribution in [0.5, 0.6) is 0 Å². The van der Waals surface area contributed by atoms with E-state index in [2.05, 4.69) is 11.9 Å². The lowest BCUT2D eigenvalue weighted by atomic mass is 10.3. The zero-order valence-corrected chi connectivity index (χ0v) is 8.84. The van der Waals surface area contributed by atoms with E-state index in [1.807, 2.05) is 25.1 Å². The third-order valence-electron chi connectivity index (χ3n) is 1.72. The number of pyridine rings is 1. The van der Waals surface area contributed by atoms with Gasteiger partial charge in [-0.1, -0.05) is 13.0 Å². The fourth-order valence-electron chi connectivity index (χ4n) is 1.03. The molecule has 2 nitrogen and oxygen atoms in total. The van der Waals surface area contributed by atoms with E-state index in [4.69, 9.17) is 5.11 Å². The second kappa shape index (κ2) is 5.25. The van der Waals surface area contributed by atoms with Gasteiger partial charge in [0.25, 0.3) is 0 Å². The number of rotatable bonds is 4. The highest BCUT2D eigenvalue weighted by Crippen LogP contribution is 2.22. The molecule has 1 atom stereocenters. The Labute approximate surface area is 83.4 Å². The van der Waals surface area contributed by atoms with E-state index < -0.39 is 0 Å². The Hall–Kier alpha value is -0.540. The molecule has 72 valence electrons. The Morgan fingerprint density at radius 2 is 2.31 bits per heavy atom. The van der Waals surface area contributed by atoms with Gasteiger partial charge in [0.15, 0.2) is 0 Å². The first-order valence-electron chi connectivity index (χ1n) is 4.43. The Morgan fingerprint density at radius 1 is 1.54 bits per heavy atom. The summed E-state index contributed by atoms with van der Waals surface area (Å²) >= 11 is 1.71. The molecule has 1 unspecified atom stereocenters. The lowest BCUT2D eigenvalue weighted by molar-refractivity contribution is 0.289. The fraction of sp³-hybridized carbons (Fsp3) is 0.500. The number of thioether (sulfide) groups is 1. The van der Waals surface area contributed by atoms with Crippen molar-refractivity contribution in [2.45, 2.75) is 30.5 Å². The first-order valence-corrected chi connectivity index (χ1v) is 5.31. The minimum atomic E-state index is 0.250. The second-order valence-corrected chi connectivity index (χ2v) is 4.52. The number of aliphatic hydroxyl groups is 1. The summed E-state index contributed by atoms with van der Waals surface area (Å²) in [6.45, 7) is 4.34. The van der Waals surface area contributed by atoms with Gasteiger partial charge in [0.1, 0.15) is 0 Å². The van der Waals surface area contributed by atoms with E-state index >= 15 is 0 Å². The third kappa shape index (κ3) is 3.79. The summed E-state index contributed by atoms with van der Waals surface area (Å²) in [7, 11) is 0. The molecule has 3 heteroatoms. The van der Waals surface area contributed by atoms with Crippen molar-refractivity contribution in [1.29, 1.82) is 0 Å². The molecule has 1 aromatic heterocycles. The molecule has 1 heterocycles. The van der Waals surface area contributed by atoms with Crippen LogP contribution in [0.1, 0.15) is 19.0 Å². The standard InChI is InChI=1S/C10H15NOS/c1-8-4-3-5-10(11-8)13-9(2)6-7-12/h3-5,9,12H,6-7H2,1-2H3. The normalized spacial score (nSPS) is 12.8. The minimum Gasteiger partial charge on any atom is -0.396 e. The molecule has 0 radical (unpaired) electrons. The highest BCUT2D eigenvalue weighted by molar-refractivity contribution is 7.99. The monoisotopic (exact) mass is 197 g/mol. The summed E-state index contributed by atoms with van der Waals surface area (Å²) < 4.78 is 0.